The molecule has 3 fully saturated rings. The maximum atomic E-state index is 11.9. The molecule has 3 aliphatic heterocycles. The van der Waals surface area contributed by atoms with Crippen molar-refractivity contribution in [2.45, 2.75) is 146 Å². The fraction of sp³-hybridized carbons (Fsp3) is 0.364. The summed E-state index contributed by atoms with van der Waals surface area (Å²) in [6, 6.07) is 69.6. The summed E-state index contributed by atoms with van der Waals surface area (Å²) in [5.74, 6) is 0. The van der Waals surface area contributed by atoms with E-state index < -0.39 is 86.0 Å². The largest absolute Gasteiger partial charge is 0.374 e. The van der Waals surface area contributed by atoms with Gasteiger partial charge in [-0.2, -0.15) is 0 Å². The molecule has 0 unspecified atom stereocenters. The minimum atomic E-state index is -1.39. The highest BCUT2D eigenvalue weighted by Gasteiger charge is 2.56. The smallest absolute Gasteiger partial charge is 0.187 e. The summed E-state index contributed by atoms with van der Waals surface area (Å²) in [5.41, 5.74) is 6.71. The molecule has 10 rings (SSSR count). The molecule has 13 nitrogen and oxygen atoms in total. The number of aliphatic hydroxyl groups excluding tert-OH is 1. The van der Waals surface area contributed by atoms with E-state index in [9.17, 15) is 5.11 Å². The third-order valence-electron chi connectivity index (χ3n) is 14.4. The van der Waals surface area contributed by atoms with E-state index in [4.69, 9.17) is 56.8 Å². The zero-order valence-corrected chi connectivity index (χ0v) is 44.8. The molecule has 13 heteroatoms. The number of rotatable bonds is 26. The van der Waals surface area contributed by atoms with Gasteiger partial charge in [-0.3, -0.25) is 0 Å². The van der Waals surface area contributed by atoms with Crippen molar-refractivity contribution in [3.8, 4) is 0 Å². The van der Waals surface area contributed by atoms with Crippen LogP contribution < -0.4 is 0 Å². The summed E-state index contributed by atoms with van der Waals surface area (Å²) in [7, 11) is 0. The summed E-state index contributed by atoms with van der Waals surface area (Å²) in [6.07, 6.45) is -12.4. The molecule has 0 bridgehead atoms. The Kier molecular flexibility index (Phi) is 20.6. The number of aliphatic hydroxyl groups is 1. The van der Waals surface area contributed by atoms with Crippen molar-refractivity contribution in [1.82, 2.24) is 0 Å². The first kappa shape index (κ1) is 56.3. The zero-order chi connectivity index (χ0) is 54.0. The molecule has 0 amide bonds. The summed E-state index contributed by atoms with van der Waals surface area (Å²) in [4.78, 5) is 0. The van der Waals surface area contributed by atoms with Gasteiger partial charge in [-0.25, -0.2) is 0 Å². The fourth-order valence-corrected chi connectivity index (χ4v) is 10.3. The highest BCUT2D eigenvalue weighted by molar-refractivity contribution is 5.19. The van der Waals surface area contributed by atoms with Gasteiger partial charge in [-0.1, -0.05) is 212 Å². The summed E-state index contributed by atoms with van der Waals surface area (Å²) in [6.45, 7) is 5.66. The van der Waals surface area contributed by atoms with E-state index in [-0.39, 0.29) is 46.2 Å². The Hall–Kier alpha value is -5.98. The van der Waals surface area contributed by atoms with Gasteiger partial charge in [0, 0.05) is 0 Å². The van der Waals surface area contributed by atoms with Crippen LogP contribution in [-0.2, 0) is 103 Å². The monoisotopic (exact) mass is 1070 g/mol. The Labute approximate surface area is 464 Å². The van der Waals surface area contributed by atoms with Crippen molar-refractivity contribution in [3.63, 3.8) is 0 Å². The minimum absolute atomic E-state index is 0.154. The molecule has 7 aromatic rings. The average molecular weight is 1070 g/mol. The van der Waals surface area contributed by atoms with Gasteiger partial charge in [-0.05, 0) is 52.8 Å². The van der Waals surface area contributed by atoms with Crippen molar-refractivity contribution >= 4 is 0 Å². The van der Waals surface area contributed by atoms with Gasteiger partial charge in [0.25, 0.3) is 0 Å². The van der Waals surface area contributed by atoms with Crippen LogP contribution in [0.3, 0.4) is 0 Å². The summed E-state index contributed by atoms with van der Waals surface area (Å²) >= 11 is 0. The molecule has 1 N–H and O–H groups in total. The molecule has 0 saturated carbocycles. The SMILES string of the molecule is C[C@@H]1O[C@@H](O)[C@H](OCc2ccccc2)[C@H](O[C@@H]2O[C@@H](C)[C@H](OCc3ccccc3)[C@@H](O[C@@H]3O[C@H](COCc4ccccc4)[C@@H](OCc4ccccc4)[C@H]3OCc3ccccc3)[C@H]2OCc2ccccc2)[C@H]1OCc1ccccc1. The van der Waals surface area contributed by atoms with E-state index >= 15 is 0 Å². The van der Waals surface area contributed by atoms with Gasteiger partial charge in [0.05, 0.1) is 65.1 Å². The second kappa shape index (κ2) is 28.9. The van der Waals surface area contributed by atoms with Crippen LogP contribution in [0.25, 0.3) is 0 Å². The Morgan fingerprint density at radius 3 is 0.962 bits per heavy atom. The molecule has 3 saturated heterocycles. The summed E-state index contributed by atoms with van der Waals surface area (Å²) in [5, 5.41) is 11.9. The van der Waals surface area contributed by atoms with Crippen molar-refractivity contribution in [1.29, 1.82) is 0 Å². The van der Waals surface area contributed by atoms with E-state index in [1.165, 1.54) is 0 Å². The van der Waals surface area contributed by atoms with Crippen molar-refractivity contribution in [2.24, 2.45) is 0 Å². The van der Waals surface area contributed by atoms with Crippen LogP contribution in [0.15, 0.2) is 212 Å². The lowest BCUT2D eigenvalue weighted by Crippen LogP contribution is -2.65. The highest BCUT2D eigenvalue weighted by Crippen LogP contribution is 2.39. The van der Waals surface area contributed by atoms with E-state index in [0.29, 0.717) is 6.61 Å². The van der Waals surface area contributed by atoms with Gasteiger partial charge in [-0.15, -0.1) is 0 Å². The van der Waals surface area contributed by atoms with E-state index in [1.54, 1.807) is 0 Å². The predicted molar refractivity (Wildman–Crippen MR) is 296 cm³/mol. The van der Waals surface area contributed by atoms with Crippen LogP contribution >= 0.6 is 0 Å². The normalized spacial score (nSPS) is 27.9. The molecule has 414 valence electrons. The Bertz CT molecular complexity index is 2730. The van der Waals surface area contributed by atoms with Gasteiger partial charge in [0.15, 0.2) is 18.9 Å². The number of ether oxygens (including phenoxy) is 12. The Balaban J connectivity index is 1.02. The Morgan fingerprint density at radius 1 is 0.304 bits per heavy atom. The average Bonchev–Trinajstić information content (AvgIpc) is 3.83. The molecule has 3 heterocycles. The molecular formula is C66H72O13. The third-order valence-corrected chi connectivity index (χ3v) is 14.4. The van der Waals surface area contributed by atoms with E-state index in [1.807, 2.05) is 226 Å². The molecule has 14 atom stereocenters. The van der Waals surface area contributed by atoms with Crippen molar-refractivity contribution in [3.05, 3.63) is 251 Å². The quantitative estimate of drug-likeness (QED) is 0.0553. The van der Waals surface area contributed by atoms with E-state index in [0.717, 1.165) is 38.9 Å². The number of benzene rings is 7. The van der Waals surface area contributed by atoms with Gasteiger partial charge in [0.2, 0.25) is 0 Å². The maximum Gasteiger partial charge on any atom is 0.187 e. The van der Waals surface area contributed by atoms with Crippen LogP contribution in [0, 0.1) is 0 Å². The third kappa shape index (κ3) is 15.7. The molecule has 0 aliphatic carbocycles. The molecule has 7 aromatic carbocycles. The van der Waals surface area contributed by atoms with Gasteiger partial charge < -0.3 is 61.9 Å². The number of hydrogen-bond donors (Lipinski definition) is 1. The molecule has 0 radical (unpaired) electrons. The fourth-order valence-electron chi connectivity index (χ4n) is 10.3. The molecule has 3 aliphatic rings. The lowest BCUT2D eigenvalue weighted by molar-refractivity contribution is -0.377. The second-order valence-electron chi connectivity index (χ2n) is 20.3. The van der Waals surface area contributed by atoms with Gasteiger partial charge in [0.1, 0.15) is 54.9 Å². The first-order valence-electron chi connectivity index (χ1n) is 27.4. The molecular weight excluding hydrogens is 1000 g/mol. The molecule has 0 spiro atoms. The standard InChI is InChI=1S/C66H72O13/c1-46-56(69-39-49-26-12-4-13-27-49)59(61(64(67)75-46)72-42-52-32-18-7-19-33-52)78-65-63(74-44-54-36-22-9-23-37-54)60(57(47(2)76-65)70-40-50-28-14-5-15-29-50)79-66-62(73-43-53-34-20-8-21-35-53)58(71-41-51-30-16-6-17-31-51)55(77-66)45-68-38-48-24-10-3-11-25-48/h3-37,46-47,55-67H,38-45H2,1-2H3/t46-,47-,55+,56-,57-,58+,59+,60+,61+,62+,63+,64+,65-,66-/m0/s1. The molecule has 79 heavy (non-hydrogen) atoms. The van der Waals surface area contributed by atoms with E-state index in [2.05, 4.69) is 0 Å². The van der Waals surface area contributed by atoms with Crippen LogP contribution in [0.4, 0.5) is 0 Å². The highest BCUT2D eigenvalue weighted by atomic mass is 16.8. The van der Waals surface area contributed by atoms with Crippen molar-refractivity contribution in [2.75, 3.05) is 6.61 Å². The zero-order valence-electron chi connectivity index (χ0n) is 44.8. The molecule has 0 aromatic heterocycles. The Morgan fingerprint density at radius 2 is 0.582 bits per heavy atom. The number of hydrogen-bond acceptors (Lipinski definition) is 13. The van der Waals surface area contributed by atoms with Crippen LogP contribution in [0.2, 0.25) is 0 Å². The topological polar surface area (TPSA) is 131 Å². The first-order chi connectivity index (χ1) is 38.9. The minimum Gasteiger partial charge on any atom is -0.374 e. The second-order valence-corrected chi connectivity index (χ2v) is 20.3. The van der Waals surface area contributed by atoms with Gasteiger partial charge >= 0.3 is 0 Å². The van der Waals surface area contributed by atoms with Crippen LogP contribution in [0.1, 0.15) is 52.8 Å². The summed E-state index contributed by atoms with van der Waals surface area (Å²) < 4.78 is 82.9. The van der Waals surface area contributed by atoms with Crippen LogP contribution in [0.5, 0.6) is 0 Å². The predicted octanol–water partition coefficient (Wildman–Crippen LogP) is 10.7. The lowest BCUT2D eigenvalue weighted by Gasteiger charge is -2.49. The van der Waals surface area contributed by atoms with Crippen LogP contribution in [-0.4, -0.2) is 97.7 Å². The maximum absolute atomic E-state index is 11.9. The lowest BCUT2D eigenvalue weighted by atomic mass is 9.96. The van der Waals surface area contributed by atoms with Crippen molar-refractivity contribution < 1.29 is 61.9 Å². The first-order valence-corrected chi connectivity index (χ1v) is 27.4.